The van der Waals surface area contributed by atoms with Crippen LogP contribution in [0.3, 0.4) is 0 Å². The van der Waals surface area contributed by atoms with Crippen LogP contribution in [-0.4, -0.2) is 64.3 Å². The molecule has 0 unspecified atom stereocenters. The summed E-state index contributed by atoms with van der Waals surface area (Å²) in [4.78, 5) is 20.8. The van der Waals surface area contributed by atoms with Crippen LogP contribution >= 0.6 is 0 Å². The lowest BCUT2D eigenvalue weighted by atomic mass is 10.1. The first-order chi connectivity index (χ1) is 17.5. The van der Waals surface area contributed by atoms with Crippen LogP contribution in [0.5, 0.6) is 0 Å². The Bertz CT molecular complexity index is 1130. The van der Waals surface area contributed by atoms with Crippen molar-refractivity contribution in [2.24, 2.45) is 0 Å². The first-order valence-electron chi connectivity index (χ1n) is 13.5. The predicted octanol–water partition coefficient (Wildman–Crippen LogP) is 5.33. The van der Waals surface area contributed by atoms with Crippen LogP contribution in [0.15, 0.2) is 54.6 Å². The molecule has 1 saturated heterocycles. The Kier molecular flexibility index (Phi) is 8.47. The molecule has 0 aliphatic carbocycles. The number of benzene rings is 2. The van der Waals surface area contributed by atoms with Crippen molar-refractivity contribution in [1.82, 2.24) is 19.6 Å². The number of carbonyl (C=O) groups excluding carboxylic acids is 1. The number of likely N-dealkylation sites (N-methyl/N-ethyl adjacent to an activating group) is 1. The molecule has 2 heterocycles. The number of amides is 1. The average molecular weight is 488 g/mol. The van der Waals surface area contributed by atoms with E-state index in [9.17, 15) is 4.79 Å². The molecular formula is C30H41N5O. The van der Waals surface area contributed by atoms with Crippen LogP contribution in [0.1, 0.15) is 61.3 Å². The zero-order chi connectivity index (χ0) is 25.7. The Morgan fingerprint density at radius 1 is 0.972 bits per heavy atom. The summed E-state index contributed by atoms with van der Waals surface area (Å²) in [5.41, 5.74) is 5.17. The normalized spacial score (nSPS) is 15.2. The van der Waals surface area contributed by atoms with Gasteiger partial charge in [-0.2, -0.15) is 5.10 Å². The standard InChI is InChI=1S/C30H41N5O/c1-6-23(4)34(30(36)26-16-14-25(7-2)15-17-26)22-28-24(5)31-35(27-12-10-9-11-13-27)29(28)33-20-18-32(8-3)19-21-33/h9-17,23H,6-8,18-22H2,1-5H3/t23-/m1/s1. The summed E-state index contributed by atoms with van der Waals surface area (Å²) in [6.07, 6.45) is 1.87. The highest BCUT2D eigenvalue weighted by atomic mass is 16.2. The molecule has 1 atom stereocenters. The summed E-state index contributed by atoms with van der Waals surface area (Å²) in [7, 11) is 0. The molecule has 0 radical (unpaired) electrons. The number of carbonyl (C=O) groups is 1. The summed E-state index contributed by atoms with van der Waals surface area (Å²) in [6.45, 7) is 16.3. The zero-order valence-corrected chi connectivity index (χ0v) is 22.6. The highest BCUT2D eigenvalue weighted by molar-refractivity contribution is 5.94. The van der Waals surface area contributed by atoms with Gasteiger partial charge in [-0.05, 0) is 63.1 Å². The van der Waals surface area contributed by atoms with Gasteiger partial charge >= 0.3 is 0 Å². The van der Waals surface area contributed by atoms with Crippen LogP contribution in [0.2, 0.25) is 0 Å². The summed E-state index contributed by atoms with van der Waals surface area (Å²) in [6, 6.07) is 18.6. The van der Waals surface area contributed by atoms with E-state index in [-0.39, 0.29) is 11.9 Å². The van der Waals surface area contributed by atoms with E-state index >= 15 is 0 Å². The Labute approximate surface area is 216 Å². The smallest absolute Gasteiger partial charge is 0.254 e. The minimum Gasteiger partial charge on any atom is -0.354 e. The van der Waals surface area contributed by atoms with Crippen molar-refractivity contribution in [3.63, 3.8) is 0 Å². The zero-order valence-electron chi connectivity index (χ0n) is 22.6. The monoisotopic (exact) mass is 487 g/mol. The van der Waals surface area contributed by atoms with E-state index in [2.05, 4.69) is 85.5 Å². The SMILES string of the molecule is CCc1ccc(C(=O)N(Cc2c(C)nn(-c3ccccc3)c2N2CCN(CC)CC2)[C@H](C)CC)cc1. The fourth-order valence-electron chi connectivity index (χ4n) is 4.95. The van der Waals surface area contributed by atoms with Crippen molar-refractivity contribution < 1.29 is 4.79 Å². The van der Waals surface area contributed by atoms with E-state index in [1.807, 2.05) is 23.1 Å². The lowest BCUT2D eigenvalue weighted by molar-refractivity contribution is 0.0671. The van der Waals surface area contributed by atoms with E-state index in [1.165, 1.54) is 5.56 Å². The van der Waals surface area contributed by atoms with Gasteiger partial charge < -0.3 is 14.7 Å². The molecule has 192 valence electrons. The number of piperazine rings is 1. The molecule has 1 aliphatic rings. The number of aryl methyl sites for hydroxylation is 2. The molecule has 0 N–H and O–H groups in total. The minimum absolute atomic E-state index is 0.0839. The molecule has 0 spiro atoms. The number of aromatic nitrogens is 2. The second-order valence-corrected chi connectivity index (χ2v) is 9.80. The van der Waals surface area contributed by atoms with E-state index in [1.54, 1.807) is 0 Å². The van der Waals surface area contributed by atoms with Crippen LogP contribution < -0.4 is 4.90 Å². The fraction of sp³-hybridized carbons (Fsp3) is 0.467. The Morgan fingerprint density at radius 2 is 1.64 bits per heavy atom. The summed E-state index contributed by atoms with van der Waals surface area (Å²) >= 11 is 0. The number of nitrogens with zero attached hydrogens (tertiary/aromatic N) is 5. The molecule has 1 amide bonds. The molecule has 2 aromatic carbocycles. The molecule has 1 aromatic heterocycles. The second-order valence-electron chi connectivity index (χ2n) is 9.80. The van der Waals surface area contributed by atoms with E-state index in [0.717, 1.165) is 73.9 Å². The largest absolute Gasteiger partial charge is 0.354 e. The van der Waals surface area contributed by atoms with Gasteiger partial charge in [-0.1, -0.05) is 51.1 Å². The van der Waals surface area contributed by atoms with Crippen LogP contribution in [0.4, 0.5) is 5.82 Å². The van der Waals surface area contributed by atoms with E-state index in [0.29, 0.717) is 6.54 Å². The maximum Gasteiger partial charge on any atom is 0.254 e. The quantitative estimate of drug-likeness (QED) is 0.409. The van der Waals surface area contributed by atoms with Crippen molar-refractivity contribution in [1.29, 1.82) is 0 Å². The topological polar surface area (TPSA) is 44.6 Å². The van der Waals surface area contributed by atoms with Gasteiger partial charge in [-0.3, -0.25) is 4.79 Å². The van der Waals surface area contributed by atoms with Gasteiger partial charge in [0, 0.05) is 43.3 Å². The van der Waals surface area contributed by atoms with Gasteiger partial charge in [0.05, 0.1) is 17.9 Å². The highest BCUT2D eigenvalue weighted by Crippen LogP contribution is 2.31. The Balaban J connectivity index is 1.73. The van der Waals surface area contributed by atoms with Gasteiger partial charge in [-0.25, -0.2) is 4.68 Å². The third-order valence-corrected chi connectivity index (χ3v) is 7.60. The molecule has 6 nitrogen and oxygen atoms in total. The number of rotatable bonds is 9. The van der Waals surface area contributed by atoms with Crippen molar-refractivity contribution in [3.8, 4) is 5.69 Å². The first-order valence-corrected chi connectivity index (χ1v) is 13.5. The lowest BCUT2D eigenvalue weighted by Gasteiger charge is -2.37. The van der Waals surface area contributed by atoms with Gasteiger partial charge in [0.15, 0.2) is 0 Å². The first kappa shape index (κ1) is 26.0. The van der Waals surface area contributed by atoms with Crippen LogP contribution in [0, 0.1) is 6.92 Å². The van der Waals surface area contributed by atoms with E-state index < -0.39 is 0 Å². The number of hydrogen-bond donors (Lipinski definition) is 0. The minimum atomic E-state index is 0.0839. The molecule has 6 heteroatoms. The van der Waals surface area contributed by atoms with Crippen molar-refractivity contribution in [2.45, 2.75) is 60.0 Å². The van der Waals surface area contributed by atoms with Crippen molar-refractivity contribution >= 4 is 11.7 Å². The average Bonchev–Trinajstić information content (AvgIpc) is 3.27. The van der Waals surface area contributed by atoms with Gasteiger partial charge in [0.2, 0.25) is 0 Å². The lowest BCUT2D eigenvalue weighted by Crippen LogP contribution is -2.47. The maximum atomic E-state index is 13.8. The summed E-state index contributed by atoms with van der Waals surface area (Å²) < 4.78 is 2.08. The van der Waals surface area contributed by atoms with Crippen molar-refractivity contribution in [2.75, 3.05) is 37.6 Å². The molecule has 4 rings (SSSR count). The third-order valence-electron chi connectivity index (χ3n) is 7.60. The predicted molar refractivity (Wildman–Crippen MR) is 148 cm³/mol. The fourth-order valence-corrected chi connectivity index (χ4v) is 4.95. The van der Waals surface area contributed by atoms with Crippen molar-refractivity contribution in [3.05, 3.63) is 77.0 Å². The van der Waals surface area contributed by atoms with Crippen LogP contribution in [-0.2, 0) is 13.0 Å². The molecule has 36 heavy (non-hydrogen) atoms. The van der Waals surface area contributed by atoms with Gasteiger partial charge in [-0.15, -0.1) is 0 Å². The molecular weight excluding hydrogens is 446 g/mol. The number of para-hydroxylation sites is 1. The third kappa shape index (κ3) is 5.49. The Hall–Kier alpha value is -3.12. The molecule has 1 aliphatic heterocycles. The Morgan fingerprint density at radius 3 is 2.22 bits per heavy atom. The second kappa shape index (κ2) is 11.7. The molecule has 3 aromatic rings. The molecule has 1 fully saturated rings. The number of anilines is 1. The van der Waals surface area contributed by atoms with E-state index in [4.69, 9.17) is 5.10 Å². The van der Waals surface area contributed by atoms with Gasteiger partial charge in [0.25, 0.3) is 5.91 Å². The summed E-state index contributed by atoms with van der Waals surface area (Å²) in [5, 5.41) is 5.01. The number of hydrogen-bond acceptors (Lipinski definition) is 4. The maximum absolute atomic E-state index is 13.8. The molecule has 0 bridgehead atoms. The molecule has 0 saturated carbocycles. The summed E-state index contributed by atoms with van der Waals surface area (Å²) in [5.74, 6) is 1.21. The van der Waals surface area contributed by atoms with Crippen LogP contribution in [0.25, 0.3) is 5.69 Å². The highest BCUT2D eigenvalue weighted by Gasteiger charge is 2.29. The van der Waals surface area contributed by atoms with Gasteiger partial charge in [0.1, 0.15) is 5.82 Å².